The van der Waals surface area contributed by atoms with Crippen molar-refractivity contribution in [1.82, 2.24) is 0 Å². The summed E-state index contributed by atoms with van der Waals surface area (Å²) < 4.78 is 0. The molecule has 0 heterocycles. The van der Waals surface area contributed by atoms with Crippen LogP contribution >= 0.6 is 0 Å². The first-order valence-electron chi connectivity index (χ1n) is 6.31. The molecule has 0 aliphatic heterocycles. The van der Waals surface area contributed by atoms with Crippen LogP contribution in [0.25, 0.3) is 0 Å². The molecule has 0 saturated heterocycles. The van der Waals surface area contributed by atoms with E-state index in [4.69, 9.17) is 10.2 Å². The molecule has 0 spiro atoms. The molecule has 0 aliphatic rings. The van der Waals surface area contributed by atoms with Crippen LogP contribution in [-0.2, 0) is 0 Å². The van der Waals surface area contributed by atoms with Gasteiger partial charge in [0.25, 0.3) is 0 Å². The molecule has 0 rings (SSSR count). The van der Waals surface area contributed by atoms with Crippen LogP contribution in [0, 0.1) is 17.8 Å². The maximum absolute atomic E-state index is 8.93. The van der Waals surface area contributed by atoms with Crippen molar-refractivity contribution in [2.24, 2.45) is 17.8 Å². The molecule has 92 valence electrons. The van der Waals surface area contributed by atoms with E-state index in [0.29, 0.717) is 0 Å². The number of rotatable bonds is 9. The smallest absolute Gasteiger partial charge is 0.0481 e. The van der Waals surface area contributed by atoms with Crippen molar-refractivity contribution in [3.63, 3.8) is 0 Å². The van der Waals surface area contributed by atoms with Crippen molar-refractivity contribution in [3.8, 4) is 0 Å². The minimum Gasteiger partial charge on any atom is -0.396 e. The van der Waals surface area contributed by atoms with Crippen molar-refractivity contribution < 1.29 is 10.2 Å². The van der Waals surface area contributed by atoms with Crippen LogP contribution in [0.5, 0.6) is 0 Å². The fourth-order valence-electron chi connectivity index (χ4n) is 1.78. The fourth-order valence-corrected chi connectivity index (χ4v) is 1.78. The molecule has 15 heavy (non-hydrogen) atoms. The maximum Gasteiger partial charge on any atom is 0.0481 e. The summed E-state index contributed by atoms with van der Waals surface area (Å²) in [5.41, 5.74) is 0. The van der Waals surface area contributed by atoms with Gasteiger partial charge in [-0.3, -0.25) is 0 Å². The Morgan fingerprint density at radius 3 is 1.87 bits per heavy atom. The lowest BCUT2D eigenvalue weighted by atomic mass is 9.93. The zero-order chi connectivity index (χ0) is 11.7. The molecule has 0 aromatic heterocycles. The third kappa shape index (κ3) is 8.88. The molecule has 2 nitrogen and oxygen atoms in total. The zero-order valence-corrected chi connectivity index (χ0v) is 10.6. The first-order chi connectivity index (χ1) is 7.10. The Bertz CT molecular complexity index is 130. The van der Waals surface area contributed by atoms with Crippen LogP contribution in [0.15, 0.2) is 0 Å². The SMILES string of the molecule is CC(C)CCC[C@H](C)CCC(CO)CO. The molecule has 0 unspecified atom stereocenters. The van der Waals surface area contributed by atoms with Crippen molar-refractivity contribution in [2.75, 3.05) is 13.2 Å². The van der Waals surface area contributed by atoms with Crippen LogP contribution in [0.4, 0.5) is 0 Å². The van der Waals surface area contributed by atoms with Gasteiger partial charge in [0.1, 0.15) is 0 Å². The van der Waals surface area contributed by atoms with Gasteiger partial charge in [0, 0.05) is 19.1 Å². The van der Waals surface area contributed by atoms with E-state index in [1.807, 2.05) is 0 Å². The predicted molar refractivity (Wildman–Crippen MR) is 64.7 cm³/mol. The molecule has 0 radical (unpaired) electrons. The van der Waals surface area contributed by atoms with E-state index in [-0.39, 0.29) is 19.1 Å². The van der Waals surface area contributed by atoms with Gasteiger partial charge >= 0.3 is 0 Å². The van der Waals surface area contributed by atoms with E-state index >= 15 is 0 Å². The van der Waals surface area contributed by atoms with Gasteiger partial charge in [-0.2, -0.15) is 0 Å². The van der Waals surface area contributed by atoms with E-state index in [9.17, 15) is 0 Å². The molecule has 0 aliphatic carbocycles. The first kappa shape index (κ1) is 14.9. The minimum absolute atomic E-state index is 0.0950. The summed E-state index contributed by atoms with van der Waals surface area (Å²) in [5.74, 6) is 1.63. The highest BCUT2D eigenvalue weighted by Gasteiger charge is 2.09. The molecule has 2 N–H and O–H groups in total. The molecule has 1 atom stereocenters. The van der Waals surface area contributed by atoms with Crippen LogP contribution in [0.2, 0.25) is 0 Å². The lowest BCUT2D eigenvalue weighted by molar-refractivity contribution is 0.138. The van der Waals surface area contributed by atoms with Crippen LogP contribution in [0.1, 0.15) is 52.9 Å². The van der Waals surface area contributed by atoms with Gasteiger partial charge in [-0.25, -0.2) is 0 Å². The molecule has 0 fully saturated rings. The molecular weight excluding hydrogens is 188 g/mol. The largest absolute Gasteiger partial charge is 0.396 e. The number of hydrogen-bond donors (Lipinski definition) is 2. The molecule has 0 aromatic rings. The van der Waals surface area contributed by atoms with Gasteiger partial charge in [-0.1, -0.05) is 46.5 Å². The third-order valence-electron chi connectivity index (χ3n) is 3.06. The molecule has 0 amide bonds. The Hall–Kier alpha value is -0.0800. The van der Waals surface area contributed by atoms with Crippen LogP contribution in [-0.4, -0.2) is 23.4 Å². The highest BCUT2D eigenvalue weighted by molar-refractivity contribution is 4.61. The fraction of sp³-hybridized carbons (Fsp3) is 1.00. The standard InChI is InChI=1S/C13H28O2/c1-11(2)5-4-6-12(3)7-8-13(9-14)10-15/h11-15H,4-10H2,1-3H3/t12-/m0/s1. The van der Waals surface area contributed by atoms with E-state index < -0.39 is 0 Å². The number of aliphatic hydroxyl groups is 2. The summed E-state index contributed by atoms with van der Waals surface area (Å²) in [6.07, 6.45) is 5.98. The lowest BCUT2D eigenvalue weighted by Gasteiger charge is -2.15. The highest BCUT2D eigenvalue weighted by atomic mass is 16.3. The minimum atomic E-state index is 0.0950. The van der Waals surface area contributed by atoms with Crippen molar-refractivity contribution in [1.29, 1.82) is 0 Å². The van der Waals surface area contributed by atoms with Gasteiger partial charge in [0.15, 0.2) is 0 Å². The summed E-state index contributed by atoms with van der Waals surface area (Å²) in [5, 5.41) is 17.9. The van der Waals surface area contributed by atoms with Crippen LogP contribution < -0.4 is 0 Å². The second-order valence-corrected chi connectivity index (χ2v) is 5.24. The van der Waals surface area contributed by atoms with E-state index in [0.717, 1.165) is 24.7 Å². The average Bonchev–Trinajstić information content (AvgIpc) is 2.18. The highest BCUT2D eigenvalue weighted by Crippen LogP contribution is 2.19. The van der Waals surface area contributed by atoms with E-state index in [1.165, 1.54) is 19.3 Å². The number of hydrogen-bond acceptors (Lipinski definition) is 2. The topological polar surface area (TPSA) is 40.5 Å². The molecule has 0 aromatic carbocycles. The van der Waals surface area contributed by atoms with Gasteiger partial charge < -0.3 is 10.2 Å². The Kier molecular flexibility index (Phi) is 9.12. The summed E-state index contributed by atoms with van der Waals surface area (Å²) in [7, 11) is 0. The summed E-state index contributed by atoms with van der Waals surface area (Å²) in [4.78, 5) is 0. The normalized spacial score (nSPS) is 13.8. The molecule has 0 bridgehead atoms. The maximum atomic E-state index is 8.93. The molecule has 0 saturated carbocycles. The average molecular weight is 216 g/mol. The van der Waals surface area contributed by atoms with Crippen molar-refractivity contribution in [3.05, 3.63) is 0 Å². The predicted octanol–water partition coefficient (Wildman–Crippen LogP) is 2.83. The lowest BCUT2D eigenvalue weighted by Crippen LogP contribution is -2.12. The Labute approximate surface area is 94.7 Å². The monoisotopic (exact) mass is 216 g/mol. The Morgan fingerprint density at radius 1 is 0.800 bits per heavy atom. The van der Waals surface area contributed by atoms with Gasteiger partial charge in [0.2, 0.25) is 0 Å². The Balaban J connectivity index is 3.43. The molecule has 2 heteroatoms. The third-order valence-corrected chi connectivity index (χ3v) is 3.06. The zero-order valence-electron chi connectivity index (χ0n) is 10.6. The van der Waals surface area contributed by atoms with Gasteiger partial charge in [0.05, 0.1) is 0 Å². The van der Waals surface area contributed by atoms with Gasteiger partial charge in [-0.05, 0) is 18.3 Å². The first-order valence-corrected chi connectivity index (χ1v) is 6.31. The van der Waals surface area contributed by atoms with Crippen LogP contribution in [0.3, 0.4) is 0 Å². The van der Waals surface area contributed by atoms with Crippen molar-refractivity contribution in [2.45, 2.75) is 52.9 Å². The summed E-state index contributed by atoms with van der Waals surface area (Å²) >= 11 is 0. The van der Waals surface area contributed by atoms with Gasteiger partial charge in [-0.15, -0.1) is 0 Å². The second kappa shape index (κ2) is 9.17. The summed E-state index contributed by atoms with van der Waals surface area (Å²) in [6.45, 7) is 7.03. The quantitative estimate of drug-likeness (QED) is 0.622. The number of aliphatic hydroxyl groups excluding tert-OH is 2. The molecular formula is C13H28O2. The second-order valence-electron chi connectivity index (χ2n) is 5.24. The van der Waals surface area contributed by atoms with Crippen molar-refractivity contribution >= 4 is 0 Å². The Morgan fingerprint density at radius 2 is 1.40 bits per heavy atom. The van der Waals surface area contributed by atoms with E-state index in [1.54, 1.807) is 0 Å². The summed E-state index contributed by atoms with van der Waals surface area (Å²) in [6, 6.07) is 0. The van der Waals surface area contributed by atoms with E-state index in [2.05, 4.69) is 20.8 Å².